The second-order valence-corrected chi connectivity index (χ2v) is 6.45. The van der Waals surface area contributed by atoms with Crippen LogP contribution in [0.1, 0.15) is 31.9 Å². The molecule has 0 bridgehead atoms. The Bertz CT molecular complexity index is 656. The average Bonchev–Trinajstić information content (AvgIpc) is 2.63. The van der Waals surface area contributed by atoms with E-state index in [0.717, 1.165) is 5.56 Å². The Morgan fingerprint density at radius 1 is 1.36 bits per heavy atom. The fourth-order valence-corrected chi connectivity index (χ4v) is 3.09. The summed E-state index contributed by atoms with van der Waals surface area (Å²) in [6.07, 6.45) is -0.0126. The minimum Gasteiger partial charge on any atom is -0.478 e. The van der Waals surface area contributed by atoms with Crippen LogP contribution in [-0.4, -0.2) is 55.7 Å². The molecule has 25 heavy (non-hydrogen) atoms. The van der Waals surface area contributed by atoms with Gasteiger partial charge in [-0.15, -0.1) is 0 Å². The molecule has 0 spiro atoms. The molecule has 1 aromatic carbocycles. The lowest BCUT2D eigenvalue weighted by Gasteiger charge is -2.36. The Morgan fingerprint density at radius 3 is 2.72 bits per heavy atom. The molecule has 1 aromatic rings. The van der Waals surface area contributed by atoms with Gasteiger partial charge in [-0.1, -0.05) is 13.0 Å². The van der Waals surface area contributed by atoms with E-state index in [-0.39, 0.29) is 24.4 Å². The Kier molecular flexibility index (Phi) is 5.24. The van der Waals surface area contributed by atoms with Gasteiger partial charge in [-0.05, 0) is 31.0 Å². The van der Waals surface area contributed by atoms with E-state index in [1.54, 1.807) is 4.90 Å². The molecular formula is C18H25N3O4. The van der Waals surface area contributed by atoms with Gasteiger partial charge in [-0.25, -0.2) is 0 Å². The third kappa shape index (κ3) is 3.62. The van der Waals surface area contributed by atoms with Crippen LogP contribution in [0.15, 0.2) is 18.2 Å². The zero-order valence-electron chi connectivity index (χ0n) is 14.7. The molecule has 1 saturated heterocycles. The molecule has 0 aromatic heterocycles. The van der Waals surface area contributed by atoms with Crippen LogP contribution >= 0.6 is 0 Å². The van der Waals surface area contributed by atoms with Gasteiger partial charge in [-0.2, -0.15) is 0 Å². The SMILES string of the molecule is CCC1Oc2ccc(C(C)N)cc2N(CC(=O)N2CCOCC2)C1=O. The summed E-state index contributed by atoms with van der Waals surface area (Å²) in [6, 6.07) is 5.40. The number of nitrogens with two attached hydrogens (primary N) is 1. The second kappa shape index (κ2) is 7.41. The number of hydrogen-bond acceptors (Lipinski definition) is 5. The molecule has 1 fully saturated rings. The lowest BCUT2D eigenvalue weighted by molar-refractivity contribution is -0.136. The van der Waals surface area contributed by atoms with Gasteiger partial charge in [0.15, 0.2) is 6.10 Å². The number of morpholine rings is 1. The van der Waals surface area contributed by atoms with E-state index in [0.29, 0.717) is 44.2 Å². The number of carbonyl (C=O) groups excluding carboxylic acids is 2. The minimum absolute atomic E-state index is 0.00803. The van der Waals surface area contributed by atoms with Gasteiger partial charge in [0, 0.05) is 19.1 Å². The number of amides is 2. The Morgan fingerprint density at radius 2 is 2.08 bits per heavy atom. The van der Waals surface area contributed by atoms with Gasteiger partial charge >= 0.3 is 0 Å². The predicted octanol–water partition coefficient (Wildman–Crippen LogP) is 1.07. The highest BCUT2D eigenvalue weighted by molar-refractivity contribution is 6.04. The molecule has 2 amide bonds. The number of benzene rings is 1. The minimum atomic E-state index is -0.564. The monoisotopic (exact) mass is 347 g/mol. The van der Waals surface area contributed by atoms with Crippen molar-refractivity contribution >= 4 is 17.5 Å². The molecule has 7 heteroatoms. The van der Waals surface area contributed by atoms with E-state index in [4.69, 9.17) is 15.2 Å². The molecule has 2 unspecified atom stereocenters. The van der Waals surface area contributed by atoms with Crippen molar-refractivity contribution in [1.29, 1.82) is 0 Å². The summed E-state index contributed by atoms with van der Waals surface area (Å²) < 4.78 is 11.1. The van der Waals surface area contributed by atoms with Crippen molar-refractivity contribution in [2.75, 3.05) is 37.7 Å². The topological polar surface area (TPSA) is 85.1 Å². The maximum absolute atomic E-state index is 12.8. The lowest BCUT2D eigenvalue weighted by Crippen LogP contribution is -2.52. The van der Waals surface area contributed by atoms with Crippen LogP contribution in [0.25, 0.3) is 0 Å². The van der Waals surface area contributed by atoms with Crippen molar-refractivity contribution in [3.05, 3.63) is 23.8 Å². The van der Waals surface area contributed by atoms with Crippen LogP contribution in [0.4, 0.5) is 5.69 Å². The number of rotatable bonds is 4. The van der Waals surface area contributed by atoms with Gasteiger partial charge in [0.1, 0.15) is 12.3 Å². The Hall–Kier alpha value is -2.12. The quantitative estimate of drug-likeness (QED) is 0.881. The van der Waals surface area contributed by atoms with Crippen LogP contribution in [0, 0.1) is 0 Å². The summed E-state index contributed by atoms with van der Waals surface area (Å²) in [6.45, 7) is 5.96. The molecule has 2 aliphatic rings. The molecule has 2 N–H and O–H groups in total. The van der Waals surface area contributed by atoms with Crippen molar-refractivity contribution < 1.29 is 19.1 Å². The first-order chi connectivity index (χ1) is 12.0. The maximum atomic E-state index is 12.8. The summed E-state index contributed by atoms with van der Waals surface area (Å²) in [5.74, 6) is 0.356. The first-order valence-corrected chi connectivity index (χ1v) is 8.74. The highest BCUT2D eigenvalue weighted by Crippen LogP contribution is 2.36. The smallest absolute Gasteiger partial charge is 0.268 e. The molecule has 2 atom stereocenters. The third-order valence-corrected chi connectivity index (χ3v) is 4.64. The van der Waals surface area contributed by atoms with Gasteiger partial charge in [0.25, 0.3) is 5.91 Å². The Balaban J connectivity index is 1.89. The van der Waals surface area contributed by atoms with E-state index in [2.05, 4.69) is 0 Å². The van der Waals surface area contributed by atoms with Crippen LogP contribution in [0.2, 0.25) is 0 Å². The van der Waals surface area contributed by atoms with Crippen molar-refractivity contribution in [1.82, 2.24) is 4.90 Å². The molecule has 2 aliphatic heterocycles. The number of ether oxygens (including phenoxy) is 2. The molecule has 2 heterocycles. The van der Waals surface area contributed by atoms with E-state index in [9.17, 15) is 9.59 Å². The van der Waals surface area contributed by atoms with Crippen molar-refractivity contribution in [3.8, 4) is 5.75 Å². The fraction of sp³-hybridized carbons (Fsp3) is 0.556. The first kappa shape index (κ1) is 17.7. The third-order valence-electron chi connectivity index (χ3n) is 4.64. The largest absolute Gasteiger partial charge is 0.478 e. The van der Waals surface area contributed by atoms with E-state index in [1.165, 1.54) is 4.90 Å². The fourth-order valence-electron chi connectivity index (χ4n) is 3.09. The van der Waals surface area contributed by atoms with Crippen molar-refractivity contribution in [2.45, 2.75) is 32.4 Å². The Labute approximate surface area is 147 Å². The zero-order chi connectivity index (χ0) is 18.0. The van der Waals surface area contributed by atoms with Gasteiger partial charge in [-0.3, -0.25) is 14.5 Å². The molecule has 0 aliphatic carbocycles. The highest BCUT2D eigenvalue weighted by Gasteiger charge is 2.35. The molecule has 7 nitrogen and oxygen atoms in total. The highest BCUT2D eigenvalue weighted by atomic mass is 16.5. The molecule has 136 valence electrons. The van der Waals surface area contributed by atoms with Gasteiger partial charge in [0.2, 0.25) is 5.91 Å². The van der Waals surface area contributed by atoms with E-state index < -0.39 is 6.10 Å². The zero-order valence-corrected chi connectivity index (χ0v) is 14.7. The first-order valence-electron chi connectivity index (χ1n) is 8.74. The summed E-state index contributed by atoms with van der Waals surface area (Å²) in [5, 5.41) is 0. The number of nitrogens with zero attached hydrogens (tertiary/aromatic N) is 2. The number of anilines is 1. The van der Waals surface area contributed by atoms with Crippen molar-refractivity contribution in [3.63, 3.8) is 0 Å². The molecule has 0 radical (unpaired) electrons. The second-order valence-electron chi connectivity index (χ2n) is 6.45. The van der Waals surface area contributed by atoms with Crippen LogP contribution < -0.4 is 15.4 Å². The molecule has 3 rings (SSSR count). The lowest BCUT2D eigenvalue weighted by atomic mass is 10.0. The van der Waals surface area contributed by atoms with Gasteiger partial charge in [0.05, 0.1) is 18.9 Å². The average molecular weight is 347 g/mol. The molecular weight excluding hydrogens is 322 g/mol. The summed E-state index contributed by atoms with van der Waals surface area (Å²) in [5.41, 5.74) is 7.48. The van der Waals surface area contributed by atoms with E-state index >= 15 is 0 Å². The van der Waals surface area contributed by atoms with Crippen molar-refractivity contribution in [2.24, 2.45) is 5.73 Å². The van der Waals surface area contributed by atoms with E-state index in [1.807, 2.05) is 32.0 Å². The normalized spacial score (nSPS) is 21.6. The molecule has 0 saturated carbocycles. The van der Waals surface area contributed by atoms with Crippen LogP contribution in [-0.2, 0) is 14.3 Å². The predicted molar refractivity (Wildman–Crippen MR) is 93.5 cm³/mol. The summed E-state index contributed by atoms with van der Waals surface area (Å²) in [7, 11) is 0. The maximum Gasteiger partial charge on any atom is 0.268 e. The van der Waals surface area contributed by atoms with Crippen LogP contribution in [0.5, 0.6) is 5.75 Å². The van der Waals surface area contributed by atoms with Gasteiger partial charge < -0.3 is 20.1 Å². The standard InChI is InChI=1S/C18H25N3O4/c1-3-15-18(23)21(11-17(22)20-6-8-24-9-7-20)14-10-13(12(2)19)4-5-16(14)25-15/h4-5,10,12,15H,3,6-9,11,19H2,1-2H3. The number of carbonyl (C=O) groups is 2. The summed E-state index contributed by atoms with van der Waals surface area (Å²) >= 11 is 0. The summed E-state index contributed by atoms with van der Waals surface area (Å²) in [4.78, 5) is 28.7. The van der Waals surface area contributed by atoms with Crippen LogP contribution in [0.3, 0.4) is 0 Å². The number of fused-ring (bicyclic) bond motifs is 1. The number of hydrogen-bond donors (Lipinski definition) is 1.